The SMILES string of the molecule is CCCCCCCCCCCC(=O)OC[C@@H](COC(=O)CCCCCCCCCCC(C)C)OC(=O)CCCCCCCCCCC. The van der Waals surface area contributed by atoms with E-state index < -0.39 is 6.10 Å². The minimum atomic E-state index is -0.757. The lowest BCUT2D eigenvalue weighted by Gasteiger charge is -2.18. The Morgan fingerprint density at radius 3 is 1.04 bits per heavy atom. The van der Waals surface area contributed by atoms with Gasteiger partial charge >= 0.3 is 17.9 Å². The van der Waals surface area contributed by atoms with Gasteiger partial charge in [0.1, 0.15) is 13.2 Å². The summed E-state index contributed by atoms with van der Waals surface area (Å²) < 4.78 is 16.6. The zero-order chi connectivity index (χ0) is 34.6. The monoisotopic (exact) mass is 667 g/mol. The van der Waals surface area contributed by atoms with Gasteiger partial charge in [-0.2, -0.15) is 0 Å². The Morgan fingerprint density at radius 1 is 0.404 bits per heavy atom. The molecular formula is C41H78O6. The van der Waals surface area contributed by atoms with Gasteiger partial charge in [-0.15, -0.1) is 0 Å². The molecule has 278 valence electrons. The zero-order valence-corrected chi connectivity index (χ0v) is 31.7. The molecule has 0 amide bonds. The molecule has 0 radical (unpaired) electrons. The maximum atomic E-state index is 12.6. The van der Waals surface area contributed by atoms with Crippen LogP contribution >= 0.6 is 0 Å². The fourth-order valence-corrected chi connectivity index (χ4v) is 5.92. The molecule has 0 spiro atoms. The first-order valence-corrected chi connectivity index (χ1v) is 20.4. The lowest BCUT2D eigenvalue weighted by atomic mass is 10.0. The van der Waals surface area contributed by atoms with E-state index in [1.807, 2.05) is 0 Å². The van der Waals surface area contributed by atoms with Gasteiger partial charge in [-0.3, -0.25) is 14.4 Å². The highest BCUT2D eigenvalue weighted by Gasteiger charge is 2.19. The fourth-order valence-electron chi connectivity index (χ4n) is 5.92. The largest absolute Gasteiger partial charge is 0.462 e. The molecule has 0 saturated carbocycles. The maximum Gasteiger partial charge on any atom is 0.306 e. The van der Waals surface area contributed by atoms with E-state index in [1.165, 1.54) is 116 Å². The molecule has 0 saturated heterocycles. The van der Waals surface area contributed by atoms with Crippen LogP contribution in [-0.2, 0) is 28.6 Å². The summed E-state index contributed by atoms with van der Waals surface area (Å²) in [6.07, 6.45) is 32.3. The summed E-state index contributed by atoms with van der Waals surface area (Å²) in [5.41, 5.74) is 0. The number of hydrogen-bond acceptors (Lipinski definition) is 6. The molecule has 0 aliphatic heterocycles. The first-order chi connectivity index (χ1) is 22.9. The van der Waals surface area contributed by atoms with Crippen LogP contribution in [0.25, 0.3) is 0 Å². The van der Waals surface area contributed by atoms with Crippen molar-refractivity contribution in [1.82, 2.24) is 0 Å². The molecule has 0 rings (SSSR count). The normalized spacial score (nSPS) is 11.9. The molecule has 0 aromatic rings. The van der Waals surface area contributed by atoms with Crippen LogP contribution in [0.15, 0.2) is 0 Å². The molecule has 0 aromatic heterocycles. The van der Waals surface area contributed by atoms with E-state index in [9.17, 15) is 14.4 Å². The van der Waals surface area contributed by atoms with E-state index in [1.54, 1.807) is 0 Å². The van der Waals surface area contributed by atoms with E-state index in [0.29, 0.717) is 19.3 Å². The van der Waals surface area contributed by atoms with Crippen molar-refractivity contribution >= 4 is 17.9 Å². The molecule has 0 aliphatic carbocycles. The van der Waals surface area contributed by atoms with Crippen molar-refractivity contribution in [2.24, 2.45) is 5.92 Å². The number of carbonyl (C=O) groups is 3. The smallest absolute Gasteiger partial charge is 0.306 e. The fraction of sp³-hybridized carbons (Fsp3) is 0.927. The Kier molecular flexibility index (Phi) is 34.5. The first-order valence-electron chi connectivity index (χ1n) is 20.4. The number of ether oxygens (including phenoxy) is 3. The van der Waals surface area contributed by atoms with E-state index >= 15 is 0 Å². The number of esters is 3. The molecule has 0 bridgehead atoms. The average molecular weight is 667 g/mol. The van der Waals surface area contributed by atoms with Crippen molar-refractivity contribution in [3.05, 3.63) is 0 Å². The highest BCUT2D eigenvalue weighted by atomic mass is 16.6. The Bertz CT molecular complexity index is 706. The molecule has 0 heterocycles. The second kappa shape index (κ2) is 35.7. The minimum Gasteiger partial charge on any atom is -0.462 e. The van der Waals surface area contributed by atoms with Crippen LogP contribution in [0, 0.1) is 5.92 Å². The molecule has 6 nitrogen and oxygen atoms in total. The summed E-state index contributed by atoms with van der Waals surface area (Å²) in [5.74, 6) is -0.0712. The number of carbonyl (C=O) groups excluding carboxylic acids is 3. The summed E-state index contributed by atoms with van der Waals surface area (Å²) in [6.45, 7) is 8.90. The molecule has 0 fully saturated rings. The molecule has 47 heavy (non-hydrogen) atoms. The topological polar surface area (TPSA) is 78.9 Å². The van der Waals surface area contributed by atoms with Gasteiger partial charge in [0.05, 0.1) is 0 Å². The second-order valence-electron chi connectivity index (χ2n) is 14.4. The number of hydrogen-bond donors (Lipinski definition) is 0. The third-order valence-electron chi connectivity index (χ3n) is 9.04. The van der Waals surface area contributed by atoms with Gasteiger partial charge in [0.15, 0.2) is 6.10 Å². The van der Waals surface area contributed by atoms with Crippen molar-refractivity contribution in [1.29, 1.82) is 0 Å². The lowest BCUT2D eigenvalue weighted by Crippen LogP contribution is -2.30. The third kappa shape index (κ3) is 35.5. The summed E-state index contributed by atoms with van der Waals surface area (Å²) in [6, 6.07) is 0. The molecular weight excluding hydrogens is 588 g/mol. The van der Waals surface area contributed by atoms with Crippen molar-refractivity contribution in [2.45, 2.75) is 226 Å². The van der Waals surface area contributed by atoms with E-state index in [2.05, 4.69) is 27.7 Å². The standard InChI is InChI=1S/C41H78O6/c1-5-7-9-11-13-15-20-24-28-32-39(42)45-35-38(47-41(44)34-30-26-22-16-14-12-10-8-6-2)36-46-40(43)33-29-25-21-18-17-19-23-27-31-37(3)4/h37-38H,5-36H2,1-4H3/t38-/m0/s1. The van der Waals surface area contributed by atoms with E-state index in [-0.39, 0.29) is 31.1 Å². The Hall–Kier alpha value is -1.59. The van der Waals surface area contributed by atoms with Crippen LogP contribution < -0.4 is 0 Å². The second-order valence-corrected chi connectivity index (χ2v) is 14.4. The summed E-state index contributed by atoms with van der Waals surface area (Å²) >= 11 is 0. The van der Waals surface area contributed by atoms with Gasteiger partial charge in [0, 0.05) is 19.3 Å². The molecule has 0 aromatic carbocycles. The lowest BCUT2D eigenvalue weighted by molar-refractivity contribution is -0.167. The predicted octanol–water partition coefficient (Wildman–Crippen LogP) is 12.4. The zero-order valence-electron chi connectivity index (χ0n) is 31.7. The molecule has 0 aliphatic rings. The van der Waals surface area contributed by atoms with Crippen molar-refractivity contribution in [3.8, 4) is 0 Å². The van der Waals surface area contributed by atoms with E-state index in [4.69, 9.17) is 14.2 Å². The van der Waals surface area contributed by atoms with Gasteiger partial charge < -0.3 is 14.2 Å². The summed E-state index contributed by atoms with van der Waals surface area (Å²) in [4.78, 5) is 37.4. The van der Waals surface area contributed by atoms with E-state index in [0.717, 1.165) is 63.7 Å². The maximum absolute atomic E-state index is 12.6. The highest BCUT2D eigenvalue weighted by molar-refractivity contribution is 5.71. The predicted molar refractivity (Wildman–Crippen MR) is 196 cm³/mol. The third-order valence-corrected chi connectivity index (χ3v) is 9.04. The van der Waals surface area contributed by atoms with Crippen LogP contribution in [0.3, 0.4) is 0 Å². The van der Waals surface area contributed by atoms with Gasteiger partial charge in [-0.25, -0.2) is 0 Å². The highest BCUT2D eigenvalue weighted by Crippen LogP contribution is 2.15. The minimum absolute atomic E-state index is 0.0653. The van der Waals surface area contributed by atoms with Crippen LogP contribution in [-0.4, -0.2) is 37.2 Å². The molecule has 6 heteroatoms. The van der Waals surface area contributed by atoms with Crippen LogP contribution in [0.1, 0.15) is 220 Å². The van der Waals surface area contributed by atoms with Crippen LogP contribution in [0.5, 0.6) is 0 Å². The van der Waals surface area contributed by atoms with Crippen molar-refractivity contribution < 1.29 is 28.6 Å². The Balaban J connectivity index is 4.34. The Labute approximate surface area is 291 Å². The quantitative estimate of drug-likeness (QED) is 0.0376. The van der Waals surface area contributed by atoms with Gasteiger partial charge in [-0.1, -0.05) is 182 Å². The molecule has 0 unspecified atom stereocenters. The molecule has 1 atom stereocenters. The van der Waals surface area contributed by atoms with Crippen molar-refractivity contribution in [2.75, 3.05) is 13.2 Å². The summed E-state index contributed by atoms with van der Waals surface area (Å²) in [5, 5.41) is 0. The first kappa shape index (κ1) is 45.4. The summed E-state index contributed by atoms with van der Waals surface area (Å²) in [7, 11) is 0. The van der Waals surface area contributed by atoms with Gasteiger partial charge in [0.25, 0.3) is 0 Å². The van der Waals surface area contributed by atoms with Crippen LogP contribution in [0.4, 0.5) is 0 Å². The number of rotatable bonds is 36. The van der Waals surface area contributed by atoms with Crippen molar-refractivity contribution in [3.63, 3.8) is 0 Å². The van der Waals surface area contributed by atoms with Gasteiger partial charge in [-0.05, 0) is 25.2 Å². The average Bonchev–Trinajstić information content (AvgIpc) is 3.05. The Morgan fingerprint density at radius 2 is 0.702 bits per heavy atom. The van der Waals surface area contributed by atoms with Crippen LogP contribution in [0.2, 0.25) is 0 Å². The molecule has 0 N–H and O–H groups in total. The van der Waals surface area contributed by atoms with Gasteiger partial charge in [0.2, 0.25) is 0 Å². The number of unbranched alkanes of at least 4 members (excludes halogenated alkanes) is 23.